The molecule has 3 saturated heterocycles. The molecule has 0 aromatic heterocycles. The Kier molecular flexibility index (Phi) is 44.9. The second-order valence-electron chi connectivity index (χ2n) is 30.6. The van der Waals surface area contributed by atoms with Crippen LogP contribution in [0.3, 0.4) is 0 Å². The van der Waals surface area contributed by atoms with Gasteiger partial charge < -0.3 is 119 Å². The van der Waals surface area contributed by atoms with Crippen molar-refractivity contribution in [3.8, 4) is 101 Å². The Labute approximate surface area is 795 Å². The van der Waals surface area contributed by atoms with E-state index in [1.807, 2.05) is 255 Å². The van der Waals surface area contributed by atoms with E-state index < -0.39 is 0 Å². The van der Waals surface area contributed by atoms with Crippen molar-refractivity contribution in [1.82, 2.24) is 0 Å². The van der Waals surface area contributed by atoms with E-state index in [1.54, 1.807) is 0 Å². The predicted octanol–water partition coefficient (Wildman–Crippen LogP) is 11.2. The molecule has 0 saturated carbocycles. The van der Waals surface area contributed by atoms with Gasteiger partial charge in [-0.25, -0.2) is 0 Å². The Morgan fingerprint density at radius 1 is 0.156 bits per heavy atom. The number of fused-ring (bicyclic) bond motifs is 33. The van der Waals surface area contributed by atoms with E-state index in [1.165, 1.54) is 9.80 Å². The number of benzene rings is 12. The molecule has 5 heterocycles. The largest absolute Gasteiger partial charge is 2.00 e. The molecule has 128 heavy (non-hydrogen) atoms. The molecular weight excluding hydrogens is 2080 g/mol. The second kappa shape index (κ2) is 55.1. The molecule has 24 nitrogen and oxygen atoms in total. The Morgan fingerprint density at radius 3 is 0.391 bits per heavy atom. The molecule has 0 atom stereocenters. The van der Waals surface area contributed by atoms with Crippen LogP contribution in [0.4, 0.5) is 0 Å². The average molecular weight is 2190 g/mol. The maximum atomic E-state index is 13.7. The zero-order valence-corrected chi connectivity index (χ0v) is 79.8. The van der Waals surface area contributed by atoms with Gasteiger partial charge in [0.2, 0.25) is 0 Å². The van der Waals surface area contributed by atoms with Crippen LogP contribution in [0, 0.1) is 62.2 Å². The molecule has 0 amide bonds. The number of rotatable bonds is 6. The summed E-state index contributed by atoms with van der Waals surface area (Å²) in [5.41, 5.74) is 16.4. The zero-order valence-electron chi connectivity index (χ0n) is 71.4. The van der Waals surface area contributed by atoms with Crippen molar-refractivity contribution in [2.75, 3.05) is 119 Å². The van der Waals surface area contributed by atoms with Crippen molar-refractivity contribution >= 4 is 0 Å². The minimum atomic E-state index is -0.189. The fraction of sp³-hybridized carbons (Fsp3) is 0.294. The first-order valence-electron chi connectivity index (χ1n) is 41.9. The molecule has 14 bridgehead atoms. The van der Waals surface area contributed by atoms with Crippen LogP contribution >= 0.6 is 0 Å². The molecule has 674 valence electrons. The van der Waals surface area contributed by atoms with Crippen LogP contribution in [-0.4, -0.2) is 119 Å². The Bertz CT molecular complexity index is 4290. The van der Waals surface area contributed by atoms with E-state index in [4.69, 9.17) is 56.8 Å². The SMILES string of the molecule is C1COCC[NH+]2CCOCCOCC[NH+](CCO1)CCOCCOCC2.[O-2].[O-2].[O-2].[O-2].[O-]c1c2cc(-c3ccccc3)cc1COCc1cc(-c3ccccc3)cc(c1[O-])COCc1cc(-c3ccccc3)cc(c1[O-])COC2.[O-]c1c2cc(-c3ccccc3)cc1COCc1cc(-c3ccccc3)cc(c1[O-])COCc1cc(-c3ccccc3)cc(c1[O-])COC2.[U].[U]. The molecule has 12 aromatic carbocycles. The molecule has 2 N–H and O–H groups in total. The fourth-order valence-corrected chi connectivity index (χ4v) is 15.2. The van der Waals surface area contributed by atoms with Gasteiger partial charge in [-0.15, -0.1) is 0 Å². The van der Waals surface area contributed by atoms with Crippen molar-refractivity contribution in [2.45, 2.75) is 79.3 Å². The first-order chi connectivity index (χ1) is 60.0. The minimum absolute atomic E-state index is 0. The van der Waals surface area contributed by atoms with Crippen molar-refractivity contribution in [3.05, 3.63) is 322 Å². The van der Waals surface area contributed by atoms with Crippen LogP contribution in [0.2, 0.25) is 0 Å². The van der Waals surface area contributed by atoms with E-state index in [0.717, 1.165) is 146 Å². The molecule has 5 aliphatic heterocycles. The maximum Gasteiger partial charge on any atom is 0.101 e. The Hall–Kier alpha value is -9.18. The third-order valence-electron chi connectivity index (χ3n) is 21.9. The molecule has 26 heteroatoms. The Morgan fingerprint density at radius 2 is 0.273 bits per heavy atom. The van der Waals surface area contributed by atoms with Gasteiger partial charge in [-0.05, 0) is 206 Å². The van der Waals surface area contributed by atoms with Gasteiger partial charge >= 0.3 is 0 Å². The topological polar surface area (TPSA) is 372 Å². The molecule has 0 radical (unpaired) electrons. The number of ether oxygens (including phenoxy) is 12. The van der Waals surface area contributed by atoms with Crippen molar-refractivity contribution in [3.63, 3.8) is 0 Å². The summed E-state index contributed by atoms with van der Waals surface area (Å²) in [4.78, 5) is 2.88. The second-order valence-corrected chi connectivity index (χ2v) is 30.6. The Balaban J connectivity index is 0.000000242. The summed E-state index contributed by atoms with van der Waals surface area (Å²) in [7, 11) is 0. The summed E-state index contributed by atoms with van der Waals surface area (Å²) in [5, 5.41) is 82.3. The van der Waals surface area contributed by atoms with Gasteiger partial charge in [0.1, 0.15) is 39.3 Å². The van der Waals surface area contributed by atoms with Gasteiger partial charge in [0, 0.05) is 62.2 Å². The van der Waals surface area contributed by atoms with Crippen LogP contribution in [0.15, 0.2) is 255 Å². The first kappa shape index (κ1) is 104. The number of nitrogens with one attached hydrogen (secondary N) is 2. The summed E-state index contributed by atoms with van der Waals surface area (Å²) in [6, 6.07) is 80.8. The van der Waals surface area contributed by atoms with Crippen LogP contribution in [-0.2, 0) is 158 Å². The van der Waals surface area contributed by atoms with E-state index in [9.17, 15) is 30.6 Å². The van der Waals surface area contributed by atoms with Crippen molar-refractivity contribution in [1.29, 1.82) is 0 Å². The number of hydrogen-bond acceptors (Lipinski definition) is 18. The summed E-state index contributed by atoms with van der Waals surface area (Å²) < 4.78 is 70.9. The monoisotopic (exact) mass is 2180 g/mol. The van der Waals surface area contributed by atoms with Gasteiger partial charge in [-0.3, -0.25) is 0 Å². The smallest absolute Gasteiger partial charge is 0.101 e. The molecule has 17 rings (SSSR count). The van der Waals surface area contributed by atoms with E-state index in [2.05, 4.69) is 0 Å². The third-order valence-corrected chi connectivity index (χ3v) is 21.9. The maximum absolute atomic E-state index is 13.7. The molecule has 0 aliphatic carbocycles. The molecule has 0 unspecified atom stereocenters. The van der Waals surface area contributed by atoms with Gasteiger partial charge in [-0.1, -0.05) is 216 Å². The van der Waals surface area contributed by atoms with E-state index in [0.29, 0.717) is 106 Å². The predicted molar refractivity (Wildman–Crippen MR) is 458 cm³/mol. The van der Waals surface area contributed by atoms with Crippen molar-refractivity contribution in [2.24, 2.45) is 0 Å². The van der Waals surface area contributed by atoms with Crippen LogP contribution in [0.25, 0.3) is 66.8 Å². The number of quaternary nitrogens is 2. The van der Waals surface area contributed by atoms with E-state index in [-0.39, 0.29) is 198 Å². The molecule has 5 aliphatic rings. The van der Waals surface area contributed by atoms with Crippen molar-refractivity contribution < 1.29 is 181 Å². The van der Waals surface area contributed by atoms with Gasteiger partial charge in [-0.2, -0.15) is 0 Å². The first-order valence-corrected chi connectivity index (χ1v) is 41.9. The summed E-state index contributed by atoms with van der Waals surface area (Å²) in [6.45, 7) is 14.3. The quantitative estimate of drug-likeness (QED) is 0.156. The summed E-state index contributed by atoms with van der Waals surface area (Å²) in [6.07, 6.45) is 0. The normalized spacial score (nSPS) is 16.5. The van der Waals surface area contributed by atoms with Crippen LogP contribution < -0.4 is 40.4 Å². The van der Waals surface area contributed by atoms with Gasteiger partial charge in [0.25, 0.3) is 0 Å². The molecule has 0 spiro atoms. The standard InChI is InChI=1S/2C42H36O6.C18H36N2O6.4O.2U/c2*43-40-34-16-31(28-10-4-1-5-11-28)17-35(40)23-47-25-37-19-33(30-14-8-3-9-15-30)21-39(42(37)45)27-48-26-38-20-32(29-12-6-2-7-13-29)18-36(41(38)44)24-46-22-34;1-7-21-13-14-24-10-4-20-5-11-25-17-15-22-8-2-19(1)3-9-23-16-18-26-12-6-20;;;;;;/h2*1-21,43-45H,22-27H2;1-18H2;;;;;;/q;;;4*-2;;/p-4. The summed E-state index contributed by atoms with van der Waals surface area (Å²) >= 11 is 0. The van der Waals surface area contributed by atoms with E-state index >= 15 is 0 Å². The van der Waals surface area contributed by atoms with Gasteiger partial charge in [0.15, 0.2) is 0 Å². The van der Waals surface area contributed by atoms with Crippen LogP contribution in [0.5, 0.6) is 34.5 Å². The van der Waals surface area contributed by atoms with Gasteiger partial charge in [0.05, 0.1) is 159 Å². The number of hydrogen-bond donors (Lipinski definition) is 2. The van der Waals surface area contributed by atoms with Crippen LogP contribution in [0.1, 0.15) is 66.8 Å². The molecule has 3 fully saturated rings. The summed E-state index contributed by atoms with van der Waals surface area (Å²) in [5.74, 6) is -1.13. The average Bonchev–Trinajstić information content (AvgIpc) is 0.813. The molecule has 12 aromatic rings. The molecular formula is C102H104N2O22U2-12. The minimum Gasteiger partial charge on any atom is -2.00 e. The fourth-order valence-electron chi connectivity index (χ4n) is 15.2. The zero-order chi connectivity index (χ0) is 83.9. The third kappa shape index (κ3) is 30.2.